The standard InChI is InChI=1S/C13H18O3/c1-4-8-16-12-9(2)6-5-7-11(12)10(3)13(14)15/h5-7,10H,4,8H2,1-3H3,(H,14,15). The van der Waals surface area contributed by atoms with Crippen molar-refractivity contribution in [3.8, 4) is 5.75 Å². The molecule has 1 unspecified atom stereocenters. The minimum atomic E-state index is -0.827. The van der Waals surface area contributed by atoms with Gasteiger partial charge in [-0.3, -0.25) is 4.79 Å². The molecule has 3 heteroatoms. The Morgan fingerprint density at radius 1 is 1.50 bits per heavy atom. The van der Waals surface area contributed by atoms with Crippen LogP contribution in [0.1, 0.15) is 37.3 Å². The van der Waals surface area contributed by atoms with Crippen LogP contribution in [0.3, 0.4) is 0 Å². The van der Waals surface area contributed by atoms with Gasteiger partial charge in [0.15, 0.2) is 0 Å². The normalized spacial score (nSPS) is 12.2. The van der Waals surface area contributed by atoms with E-state index in [9.17, 15) is 4.79 Å². The monoisotopic (exact) mass is 222 g/mol. The van der Waals surface area contributed by atoms with E-state index in [1.807, 2.05) is 32.0 Å². The Bertz CT molecular complexity index is 371. The molecule has 0 aliphatic heterocycles. The Kier molecular flexibility index (Phi) is 4.35. The van der Waals surface area contributed by atoms with E-state index in [1.165, 1.54) is 0 Å². The van der Waals surface area contributed by atoms with Crippen molar-refractivity contribution in [1.82, 2.24) is 0 Å². The van der Waals surface area contributed by atoms with Gasteiger partial charge in [-0.1, -0.05) is 25.1 Å². The van der Waals surface area contributed by atoms with Crippen molar-refractivity contribution in [3.63, 3.8) is 0 Å². The van der Waals surface area contributed by atoms with Crippen molar-refractivity contribution in [2.45, 2.75) is 33.1 Å². The van der Waals surface area contributed by atoms with Crippen molar-refractivity contribution in [3.05, 3.63) is 29.3 Å². The van der Waals surface area contributed by atoms with Gasteiger partial charge in [-0.05, 0) is 25.8 Å². The second kappa shape index (κ2) is 5.54. The van der Waals surface area contributed by atoms with Crippen LogP contribution in [-0.2, 0) is 4.79 Å². The summed E-state index contributed by atoms with van der Waals surface area (Å²) in [6.45, 7) is 6.25. The van der Waals surface area contributed by atoms with Crippen molar-refractivity contribution in [2.24, 2.45) is 0 Å². The summed E-state index contributed by atoms with van der Waals surface area (Å²) in [5, 5.41) is 9.02. The van der Waals surface area contributed by atoms with Gasteiger partial charge in [0.2, 0.25) is 0 Å². The lowest BCUT2D eigenvalue weighted by Crippen LogP contribution is -2.10. The molecule has 0 aliphatic rings. The lowest BCUT2D eigenvalue weighted by molar-refractivity contribution is -0.138. The third kappa shape index (κ3) is 2.75. The molecule has 1 atom stereocenters. The Morgan fingerprint density at radius 2 is 2.19 bits per heavy atom. The summed E-state index contributed by atoms with van der Waals surface area (Å²) in [6, 6.07) is 5.61. The van der Waals surface area contributed by atoms with Crippen LogP contribution in [-0.4, -0.2) is 17.7 Å². The number of rotatable bonds is 5. The van der Waals surface area contributed by atoms with Gasteiger partial charge in [0.1, 0.15) is 5.75 Å². The largest absolute Gasteiger partial charge is 0.493 e. The van der Waals surface area contributed by atoms with Crippen molar-refractivity contribution in [2.75, 3.05) is 6.61 Å². The smallest absolute Gasteiger partial charge is 0.310 e. The fourth-order valence-corrected chi connectivity index (χ4v) is 1.55. The second-order valence-corrected chi connectivity index (χ2v) is 3.90. The minimum Gasteiger partial charge on any atom is -0.493 e. The molecule has 0 radical (unpaired) electrons. The molecular weight excluding hydrogens is 204 g/mol. The average Bonchev–Trinajstić information content (AvgIpc) is 2.26. The van der Waals surface area contributed by atoms with Crippen molar-refractivity contribution < 1.29 is 14.6 Å². The molecule has 0 heterocycles. The first kappa shape index (κ1) is 12.6. The first-order valence-electron chi connectivity index (χ1n) is 5.53. The lowest BCUT2D eigenvalue weighted by Gasteiger charge is -2.16. The number of para-hydroxylation sites is 1. The molecule has 0 aliphatic carbocycles. The zero-order chi connectivity index (χ0) is 12.1. The first-order chi connectivity index (χ1) is 7.57. The second-order valence-electron chi connectivity index (χ2n) is 3.90. The molecule has 88 valence electrons. The van der Waals surface area contributed by atoms with Gasteiger partial charge in [-0.25, -0.2) is 0 Å². The van der Waals surface area contributed by atoms with Crippen LogP contribution >= 0.6 is 0 Å². The highest BCUT2D eigenvalue weighted by molar-refractivity contribution is 5.77. The molecule has 1 rings (SSSR count). The van der Waals surface area contributed by atoms with Gasteiger partial charge in [0, 0.05) is 5.56 Å². The highest BCUT2D eigenvalue weighted by Crippen LogP contribution is 2.30. The number of hydrogen-bond donors (Lipinski definition) is 1. The van der Waals surface area contributed by atoms with Gasteiger partial charge >= 0.3 is 5.97 Å². The zero-order valence-corrected chi connectivity index (χ0v) is 9.99. The quantitative estimate of drug-likeness (QED) is 0.833. The van der Waals surface area contributed by atoms with Crippen LogP contribution in [0.15, 0.2) is 18.2 Å². The molecule has 0 aromatic heterocycles. The van der Waals surface area contributed by atoms with Crippen molar-refractivity contribution >= 4 is 5.97 Å². The fourth-order valence-electron chi connectivity index (χ4n) is 1.55. The average molecular weight is 222 g/mol. The topological polar surface area (TPSA) is 46.5 Å². The summed E-state index contributed by atoms with van der Waals surface area (Å²) >= 11 is 0. The number of carboxylic acids is 1. The van der Waals surface area contributed by atoms with E-state index in [0.29, 0.717) is 6.61 Å². The van der Waals surface area contributed by atoms with Gasteiger partial charge in [0.25, 0.3) is 0 Å². The Morgan fingerprint density at radius 3 is 2.75 bits per heavy atom. The number of ether oxygens (including phenoxy) is 1. The molecule has 1 N–H and O–H groups in total. The third-order valence-corrected chi connectivity index (χ3v) is 2.53. The Hall–Kier alpha value is -1.51. The summed E-state index contributed by atoms with van der Waals surface area (Å²) in [6.07, 6.45) is 0.912. The maximum atomic E-state index is 11.0. The summed E-state index contributed by atoms with van der Waals surface area (Å²) < 4.78 is 5.63. The van der Waals surface area contributed by atoms with Crippen LogP contribution in [0.4, 0.5) is 0 Å². The Balaban J connectivity index is 3.06. The van der Waals surface area contributed by atoms with E-state index in [-0.39, 0.29) is 0 Å². The third-order valence-electron chi connectivity index (χ3n) is 2.53. The van der Waals surface area contributed by atoms with Crippen molar-refractivity contribution in [1.29, 1.82) is 0 Å². The van der Waals surface area contributed by atoms with E-state index in [4.69, 9.17) is 9.84 Å². The number of aryl methyl sites for hydroxylation is 1. The Labute approximate surface area is 96.1 Å². The molecule has 1 aromatic carbocycles. The minimum absolute atomic E-state index is 0.535. The van der Waals surface area contributed by atoms with Gasteiger partial charge in [-0.15, -0.1) is 0 Å². The number of carbonyl (C=O) groups is 1. The molecule has 16 heavy (non-hydrogen) atoms. The SMILES string of the molecule is CCCOc1c(C)cccc1C(C)C(=O)O. The summed E-state index contributed by atoms with van der Waals surface area (Å²) in [4.78, 5) is 11.0. The molecule has 1 aromatic rings. The van der Waals surface area contributed by atoms with Gasteiger partial charge < -0.3 is 9.84 Å². The summed E-state index contributed by atoms with van der Waals surface area (Å²) in [5.41, 5.74) is 1.74. The fraction of sp³-hybridized carbons (Fsp3) is 0.462. The van der Waals surface area contributed by atoms with Crippen LogP contribution in [0.2, 0.25) is 0 Å². The zero-order valence-electron chi connectivity index (χ0n) is 9.99. The summed E-state index contributed by atoms with van der Waals surface area (Å²) in [7, 11) is 0. The number of carboxylic acid groups (broad SMARTS) is 1. The van der Waals surface area contributed by atoms with E-state index < -0.39 is 11.9 Å². The van der Waals surface area contributed by atoms with Gasteiger partial charge in [0.05, 0.1) is 12.5 Å². The molecular formula is C13H18O3. The molecule has 0 fully saturated rings. The number of benzene rings is 1. The molecule has 0 spiro atoms. The summed E-state index contributed by atoms with van der Waals surface area (Å²) in [5.74, 6) is -0.641. The van der Waals surface area contributed by atoms with Crippen LogP contribution in [0.5, 0.6) is 5.75 Å². The molecule has 0 saturated carbocycles. The lowest BCUT2D eigenvalue weighted by atomic mass is 9.98. The maximum Gasteiger partial charge on any atom is 0.310 e. The van der Waals surface area contributed by atoms with E-state index in [1.54, 1.807) is 6.92 Å². The number of hydrogen-bond acceptors (Lipinski definition) is 2. The van der Waals surface area contributed by atoms with Crippen LogP contribution in [0, 0.1) is 6.92 Å². The van der Waals surface area contributed by atoms with E-state index in [2.05, 4.69) is 0 Å². The maximum absolute atomic E-state index is 11.0. The van der Waals surface area contributed by atoms with Crippen LogP contribution < -0.4 is 4.74 Å². The molecule has 0 amide bonds. The molecule has 0 saturated heterocycles. The van der Waals surface area contributed by atoms with Gasteiger partial charge in [-0.2, -0.15) is 0 Å². The van der Waals surface area contributed by atoms with Crippen LogP contribution in [0.25, 0.3) is 0 Å². The predicted octanol–water partition coefficient (Wildman–Crippen LogP) is 2.97. The first-order valence-corrected chi connectivity index (χ1v) is 5.53. The predicted molar refractivity (Wildman–Crippen MR) is 63.0 cm³/mol. The van der Waals surface area contributed by atoms with E-state index >= 15 is 0 Å². The highest BCUT2D eigenvalue weighted by atomic mass is 16.5. The molecule has 3 nitrogen and oxygen atoms in total. The van der Waals surface area contributed by atoms with E-state index in [0.717, 1.165) is 23.3 Å². The molecule has 0 bridgehead atoms. The highest BCUT2D eigenvalue weighted by Gasteiger charge is 2.19. The number of aliphatic carboxylic acids is 1.